The van der Waals surface area contributed by atoms with Gasteiger partial charge >= 0.3 is 0 Å². The van der Waals surface area contributed by atoms with Crippen molar-refractivity contribution in [2.24, 2.45) is 0 Å². The molecule has 1 amide bonds. The van der Waals surface area contributed by atoms with Crippen LogP contribution in [-0.2, 0) is 11.2 Å². The molecular formula is C15H22N2O. The minimum atomic E-state index is -0.248. The molecule has 0 spiro atoms. The first kappa shape index (κ1) is 14.3. The minimum Gasteiger partial charge on any atom is -0.374 e. The van der Waals surface area contributed by atoms with Crippen molar-refractivity contribution in [3.63, 3.8) is 0 Å². The number of hydrogen-bond acceptors (Lipinski definition) is 2. The standard InChI is InChI=1S/C15H22N2O/c1-4-6-13-7-9-14(10-8-13)17-12(3)15(18)16-11-5-2/h5,7-10,12,17H,2,4,6,11H2,1,3H3,(H,16,18). The lowest BCUT2D eigenvalue weighted by atomic mass is 10.1. The molecule has 1 unspecified atom stereocenters. The second kappa shape index (κ2) is 7.54. The Morgan fingerprint density at radius 1 is 1.39 bits per heavy atom. The van der Waals surface area contributed by atoms with Crippen molar-refractivity contribution in [3.05, 3.63) is 42.5 Å². The molecule has 0 heterocycles. The molecule has 0 aliphatic rings. The number of anilines is 1. The second-order valence-corrected chi connectivity index (χ2v) is 4.35. The van der Waals surface area contributed by atoms with Gasteiger partial charge in [-0.25, -0.2) is 0 Å². The highest BCUT2D eigenvalue weighted by Gasteiger charge is 2.10. The third kappa shape index (κ3) is 4.62. The van der Waals surface area contributed by atoms with Crippen molar-refractivity contribution in [2.75, 3.05) is 11.9 Å². The first-order valence-electron chi connectivity index (χ1n) is 6.41. The van der Waals surface area contributed by atoms with Crippen LogP contribution in [0, 0.1) is 0 Å². The normalized spacial score (nSPS) is 11.7. The van der Waals surface area contributed by atoms with Crippen LogP contribution in [0.5, 0.6) is 0 Å². The molecule has 1 rings (SSSR count). The highest BCUT2D eigenvalue weighted by molar-refractivity contribution is 5.84. The predicted molar refractivity (Wildman–Crippen MR) is 76.7 cm³/mol. The van der Waals surface area contributed by atoms with E-state index in [4.69, 9.17) is 0 Å². The number of carbonyl (C=O) groups excluding carboxylic acids is 1. The Labute approximate surface area is 109 Å². The summed E-state index contributed by atoms with van der Waals surface area (Å²) >= 11 is 0. The SMILES string of the molecule is C=CCNC(=O)C(C)Nc1ccc(CCC)cc1. The predicted octanol–water partition coefficient (Wildman–Crippen LogP) is 2.74. The Hall–Kier alpha value is -1.77. The summed E-state index contributed by atoms with van der Waals surface area (Å²) in [5.41, 5.74) is 2.29. The van der Waals surface area contributed by atoms with Crippen LogP contribution in [0.25, 0.3) is 0 Å². The molecule has 0 saturated carbocycles. The van der Waals surface area contributed by atoms with Crippen molar-refractivity contribution < 1.29 is 4.79 Å². The Morgan fingerprint density at radius 3 is 2.61 bits per heavy atom. The zero-order valence-corrected chi connectivity index (χ0v) is 11.2. The number of hydrogen-bond donors (Lipinski definition) is 2. The zero-order chi connectivity index (χ0) is 13.4. The van der Waals surface area contributed by atoms with Gasteiger partial charge in [0.15, 0.2) is 0 Å². The van der Waals surface area contributed by atoms with Gasteiger partial charge in [0.05, 0.1) is 0 Å². The fraction of sp³-hybridized carbons (Fsp3) is 0.400. The van der Waals surface area contributed by atoms with E-state index in [0.29, 0.717) is 6.54 Å². The second-order valence-electron chi connectivity index (χ2n) is 4.35. The van der Waals surface area contributed by atoms with E-state index in [1.807, 2.05) is 19.1 Å². The summed E-state index contributed by atoms with van der Waals surface area (Å²) in [4.78, 5) is 11.7. The molecule has 98 valence electrons. The van der Waals surface area contributed by atoms with Gasteiger partial charge in [0.25, 0.3) is 0 Å². The molecular weight excluding hydrogens is 224 g/mol. The Morgan fingerprint density at radius 2 is 2.06 bits per heavy atom. The molecule has 0 saturated heterocycles. The minimum absolute atomic E-state index is 0.0208. The van der Waals surface area contributed by atoms with Gasteiger partial charge < -0.3 is 10.6 Å². The summed E-state index contributed by atoms with van der Waals surface area (Å²) < 4.78 is 0. The van der Waals surface area contributed by atoms with Crippen LogP contribution in [0.15, 0.2) is 36.9 Å². The van der Waals surface area contributed by atoms with Crippen molar-refractivity contribution >= 4 is 11.6 Å². The molecule has 1 aromatic carbocycles. The fourth-order valence-electron chi connectivity index (χ4n) is 1.70. The van der Waals surface area contributed by atoms with E-state index < -0.39 is 0 Å². The van der Waals surface area contributed by atoms with E-state index >= 15 is 0 Å². The van der Waals surface area contributed by atoms with Gasteiger partial charge in [0.2, 0.25) is 5.91 Å². The number of amides is 1. The number of carbonyl (C=O) groups is 1. The molecule has 0 fully saturated rings. The average molecular weight is 246 g/mol. The molecule has 3 nitrogen and oxygen atoms in total. The van der Waals surface area contributed by atoms with E-state index in [1.165, 1.54) is 5.56 Å². The summed E-state index contributed by atoms with van der Waals surface area (Å²) in [5, 5.41) is 5.94. The maximum atomic E-state index is 11.7. The molecule has 18 heavy (non-hydrogen) atoms. The molecule has 2 N–H and O–H groups in total. The van der Waals surface area contributed by atoms with Crippen molar-refractivity contribution in [3.8, 4) is 0 Å². The van der Waals surface area contributed by atoms with Gasteiger partial charge in [-0.05, 0) is 31.0 Å². The maximum Gasteiger partial charge on any atom is 0.242 e. The first-order chi connectivity index (χ1) is 8.67. The third-order valence-electron chi connectivity index (χ3n) is 2.69. The van der Waals surface area contributed by atoms with Crippen LogP contribution in [0.4, 0.5) is 5.69 Å². The van der Waals surface area contributed by atoms with Crippen molar-refractivity contribution in [1.29, 1.82) is 0 Å². The van der Waals surface area contributed by atoms with Crippen LogP contribution in [-0.4, -0.2) is 18.5 Å². The molecule has 1 atom stereocenters. The van der Waals surface area contributed by atoms with Gasteiger partial charge in [-0.3, -0.25) is 4.79 Å². The van der Waals surface area contributed by atoms with E-state index in [9.17, 15) is 4.79 Å². The van der Waals surface area contributed by atoms with Gasteiger partial charge in [-0.15, -0.1) is 6.58 Å². The fourth-order valence-corrected chi connectivity index (χ4v) is 1.70. The topological polar surface area (TPSA) is 41.1 Å². The van der Waals surface area contributed by atoms with Crippen LogP contribution in [0.3, 0.4) is 0 Å². The largest absolute Gasteiger partial charge is 0.374 e. The van der Waals surface area contributed by atoms with E-state index in [1.54, 1.807) is 6.08 Å². The highest BCUT2D eigenvalue weighted by Crippen LogP contribution is 2.12. The Balaban J connectivity index is 2.50. The lowest BCUT2D eigenvalue weighted by molar-refractivity contribution is -0.121. The summed E-state index contributed by atoms with van der Waals surface area (Å²) in [5.74, 6) is -0.0208. The van der Waals surface area contributed by atoms with Gasteiger partial charge in [-0.1, -0.05) is 31.6 Å². The Bertz CT molecular complexity index is 384. The van der Waals surface area contributed by atoms with Gasteiger partial charge in [0, 0.05) is 12.2 Å². The summed E-state index contributed by atoms with van der Waals surface area (Å²) in [7, 11) is 0. The molecule has 0 radical (unpaired) electrons. The molecule has 0 aliphatic heterocycles. The summed E-state index contributed by atoms with van der Waals surface area (Å²) in [6, 6.07) is 7.98. The van der Waals surface area contributed by atoms with Crippen LogP contribution >= 0.6 is 0 Å². The van der Waals surface area contributed by atoms with Crippen LogP contribution in [0.1, 0.15) is 25.8 Å². The smallest absolute Gasteiger partial charge is 0.242 e. The number of rotatable bonds is 7. The first-order valence-corrected chi connectivity index (χ1v) is 6.41. The number of nitrogens with one attached hydrogen (secondary N) is 2. The van der Waals surface area contributed by atoms with E-state index in [2.05, 4.69) is 36.3 Å². The Kier molecular flexibility index (Phi) is 5.98. The summed E-state index contributed by atoms with van der Waals surface area (Å²) in [6.07, 6.45) is 3.91. The lowest BCUT2D eigenvalue weighted by Crippen LogP contribution is -2.37. The zero-order valence-electron chi connectivity index (χ0n) is 11.2. The number of benzene rings is 1. The highest BCUT2D eigenvalue weighted by atomic mass is 16.2. The monoisotopic (exact) mass is 246 g/mol. The van der Waals surface area contributed by atoms with Crippen LogP contribution < -0.4 is 10.6 Å². The number of aryl methyl sites for hydroxylation is 1. The molecule has 0 aliphatic carbocycles. The molecule has 0 aromatic heterocycles. The molecule has 0 bridgehead atoms. The van der Waals surface area contributed by atoms with E-state index in [0.717, 1.165) is 18.5 Å². The summed E-state index contributed by atoms with van der Waals surface area (Å²) in [6.45, 7) is 8.08. The molecule has 1 aromatic rings. The van der Waals surface area contributed by atoms with E-state index in [-0.39, 0.29) is 11.9 Å². The van der Waals surface area contributed by atoms with Crippen molar-refractivity contribution in [1.82, 2.24) is 5.32 Å². The van der Waals surface area contributed by atoms with Crippen molar-refractivity contribution in [2.45, 2.75) is 32.7 Å². The maximum absolute atomic E-state index is 11.7. The molecule has 3 heteroatoms. The quantitative estimate of drug-likeness (QED) is 0.726. The van der Waals surface area contributed by atoms with Gasteiger partial charge in [-0.2, -0.15) is 0 Å². The lowest BCUT2D eigenvalue weighted by Gasteiger charge is -2.14. The van der Waals surface area contributed by atoms with Gasteiger partial charge in [0.1, 0.15) is 6.04 Å². The van der Waals surface area contributed by atoms with Crippen LogP contribution in [0.2, 0.25) is 0 Å². The average Bonchev–Trinajstić information content (AvgIpc) is 2.38. The third-order valence-corrected chi connectivity index (χ3v) is 2.69.